The number of imidazole rings is 1. The van der Waals surface area contributed by atoms with Crippen LogP contribution < -0.4 is 9.47 Å². The molecule has 3 aromatic heterocycles. The van der Waals surface area contributed by atoms with Crippen molar-refractivity contribution in [3.05, 3.63) is 65.5 Å². The van der Waals surface area contributed by atoms with Gasteiger partial charge in [-0.3, -0.25) is 0 Å². The van der Waals surface area contributed by atoms with E-state index in [1.807, 2.05) is 42.5 Å². The molecule has 7 heteroatoms. The largest absolute Gasteiger partial charge is 0.493 e. The summed E-state index contributed by atoms with van der Waals surface area (Å²) in [4.78, 5) is 15.6. The van der Waals surface area contributed by atoms with Crippen molar-refractivity contribution in [1.29, 1.82) is 0 Å². The molecular formula is C23H20N4O2S. The molecule has 2 aromatic carbocycles. The van der Waals surface area contributed by atoms with Gasteiger partial charge in [0.15, 0.2) is 28.6 Å². The highest BCUT2D eigenvalue weighted by Gasteiger charge is 2.17. The fourth-order valence-electron chi connectivity index (χ4n) is 3.58. The fraction of sp³-hybridized carbons (Fsp3) is 0.174. The third kappa shape index (κ3) is 3.27. The monoisotopic (exact) mass is 416 g/mol. The van der Waals surface area contributed by atoms with Gasteiger partial charge in [0.2, 0.25) is 0 Å². The van der Waals surface area contributed by atoms with Crippen LogP contribution in [0.2, 0.25) is 0 Å². The lowest BCUT2D eigenvalue weighted by Crippen LogP contribution is -2.05. The first-order valence-electron chi connectivity index (χ1n) is 9.64. The SMILES string of the molecule is COc1ccc(CCn2c(-c3cccs3)nc3nc4ccccc4nc32)cc1OC. The van der Waals surface area contributed by atoms with E-state index in [0.717, 1.165) is 57.4 Å². The minimum atomic E-state index is 0.671. The molecule has 0 saturated heterocycles. The highest BCUT2D eigenvalue weighted by atomic mass is 32.1. The smallest absolute Gasteiger partial charge is 0.198 e. The predicted molar refractivity (Wildman–Crippen MR) is 119 cm³/mol. The van der Waals surface area contributed by atoms with Crippen molar-refractivity contribution < 1.29 is 9.47 Å². The number of aryl methyl sites for hydroxylation is 2. The molecule has 0 aliphatic carbocycles. The number of fused-ring (bicyclic) bond motifs is 2. The Kier molecular flexibility index (Phi) is 4.80. The number of hydrogen-bond acceptors (Lipinski definition) is 6. The van der Waals surface area contributed by atoms with Gasteiger partial charge < -0.3 is 14.0 Å². The number of para-hydroxylation sites is 2. The summed E-state index contributed by atoms with van der Waals surface area (Å²) in [5, 5.41) is 2.06. The quantitative estimate of drug-likeness (QED) is 0.391. The van der Waals surface area contributed by atoms with Crippen LogP contribution in [-0.2, 0) is 13.0 Å². The van der Waals surface area contributed by atoms with Crippen molar-refractivity contribution >= 4 is 33.7 Å². The van der Waals surface area contributed by atoms with Gasteiger partial charge in [0.05, 0.1) is 30.1 Å². The number of ether oxygens (including phenoxy) is 2. The van der Waals surface area contributed by atoms with E-state index in [1.54, 1.807) is 25.6 Å². The molecule has 5 rings (SSSR count). The Balaban J connectivity index is 1.58. The van der Waals surface area contributed by atoms with Gasteiger partial charge in [-0.1, -0.05) is 24.3 Å². The van der Waals surface area contributed by atoms with E-state index in [1.165, 1.54) is 0 Å². The highest BCUT2D eigenvalue weighted by molar-refractivity contribution is 7.13. The summed E-state index contributed by atoms with van der Waals surface area (Å²) in [6.45, 7) is 0.728. The standard InChI is InChI=1S/C23H20N4O2S/c1-28-18-10-9-15(14-19(18)29-2)11-12-27-22(20-8-5-13-30-20)26-21-23(27)25-17-7-4-3-6-16(17)24-21/h3-10,13-14H,11-12H2,1-2H3. The summed E-state index contributed by atoms with van der Waals surface area (Å²) in [5.41, 5.74) is 4.35. The molecule has 0 atom stereocenters. The molecule has 5 aromatic rings. The molecular weight excluding hydrogens is 396 g/mol. The van der Waals surface area contributed by atoms with Gasteiger partial charge in [-0.05, 0) is 47.7 Å². The van der Waals surface area contributed by atoms with E-state index in [4.69, 9.17) is 24.4 Å². The Morgan fingerprint density at radius 3 is 2.40 bits per heavy atom. The normalized spacial score (nSPS) is 11.3. The van der Waals surface area contributed by atoms with Gasteiger partial charge >= 0.3 is 0 Å². The van der Waals surface area contributed by atoms with Crippen molar-refractivity contribution in [3.8, 4) is 22.2 Å². The molecule has 6 nitrogen and oxygen atoms in total. The number of aromatic nitrogens is 4. The van der Waals surface area contributed by atoms with Crippen molar-refractivity contribution in [1.82, 2.24) is 19.5 Å². The van der Waals surface area contributed by atoms with E-state index >= 15 is 0 Å². The van der Waals surface area contributed by atoms with Crippen LogP contribution in [0, 0.1) is 0 Å². The van der Waals surface area contributed by atoms with Crippen molar-refractivity contribution in [2.45, 2.75) is 13.0 Å². The van der Waals surface area contributed by atoms with Gasteiger partial charge in [0, 0.05) is 6.54 Å². The molecule has 150 valence electrons. The van der Waals surface area contributed by atoms with Crippen molar-refractivity contribution in [2.75, 3.05) is 14.2 Å². The van der Waals surface area contributed by atoms with E-state index in [0.29, 0.717) is 5.65 Å². The van der Waals surface area contributed by atoms with Gasteiger partial charge in [0.25, 0.3) is 0 Å². The lowest BCUT2D eigenvalue weighted by atomic mass is 10.1. The third-order valence-electron chi connectivity index (χ3n) is 5.07. The summed E-state index contributed by atoms with van der Waals surface area (Å²) < 4.78 is 13.0. The second kappa shape index (κ2) is 7.76. The van der Waals surface area contributed by atoms with E-state index in [-0.39, 0.29) is 0 Å². The maximum Gasteiger partial charge on any atom is 0.198 e. The number of nitrogens with zero attached hydrogens (tertiary/aromatic N) is 4. The fourth-order valence-corrected chi connectivity index (χ4v) is 4.30. The molecule has 0 N–H and O–H groups in total. The molecule has 0 fully saturated rings. The molecule has 0 unspecified atom stereocenters. The summed E-state index contributed by atoms with van der Waals surface area (Å²) in [6.07, 6.45) is 0.804. The average molecular weight is 417 g/mol. The van der Waals surface area contributed by atoms with E-state index in [9.17, 15) is 0 Å². The first kappa shape index (κ1) is 18.6. The van der Waals surface area contributed by atoms with Crippen LogP contribution in [0.4, 0.5) is 0 Å². The molecule has 0 amide bonds. The highest BCUT2D eigenvalue weighted by Crippen LogP contribution is 2.30. The van der Waals surface area contributed by atoms with Crippen molar-refractivity contribution in [2.24, 2.45) is 0 Å². The zero-order valence-corrected chi connectivity index (χ0v) is 17.5. The van der Waals surface area contributed by atoms with Crippen molar-refractivity contribution in [3.63, 3.8) is 0 Å². The number of hydrogen-bond donors (Lipinski definition) is 0. The van der Waals surface area contributed by atoms with Gasteiger partial charge in [-0.25, -0.2) is 15.0 Å². The second-order valence-electron chi connectivity index (χ2n) is 6.86. The van der Waals surface area contributed by atoms with Crippen LogP contribution in [-0.4, -0.2) is 33.7 Å². The van der Waals surface area contributed by atoms with Gasteiger partial charge in [0.1, 0.15) is 0 Å². The third-order valence-corrected chi connectivity index (χ3v) is 5.94. The Hall–Kier alpha value is -3.45. The number of thiophene rings is 1. The molecule has 0 radical (unpaired) electrons. The molecule has 3 heterocycles. The lowest BCUT2D eigenvalue weighted by molar-refractivity contribution is 0.354. The molecule has 30 heavy (non-hydrogen) atoms. The molecule has 0 aliphatic heterocycles. The number of methoxy groups -OCH3 is 2. The van der Waals surface area contributed by atoms with Gasteiger partial charge in [-0.15, -0.1) is 11.3 Å². The van der Waals surface area contributed by atoms with Crippen LogP contribution in [0.3, 0.4) is 0 Å². The first-order chi connectivity index (χ1) is 14.8. The van der Waals surface area contributed by atoms with Crippen LogP contribution in [0.25, 0.3) is 33.0 Å². The summed E-state index contributed by atoms with van der Waals surface area (Å²) >= 11 is 1.67. The number of benzene rings is 2. The summed E-state index contributed by atoms with van der Waals surface area (Å²) in [7, 11) is 3.30. The first-order valence-corrected chi connectivity index (χ1v) is 10.5. The van der Waals surface area contributed by atoms with E-state index in [2.05, 4.69) is 22.1 Å². The molecule has 0 saturated carbocycles. The average Bonchev–Trinajstić information content (AvgIpc) is 3.43. The lowest BCUT2D eigenvalue weighted by Gasteiger charge is -2.11. The van der Waals surface area contributed by atoms with Crippen LogP contribution >= 0.6 is 11.3 Å². The zero-order valence-electron chi connectivity index (χ0n) is 16.7. The van der Waals surface area contributed by atoms with Crippen LogP contribution in [0.1, 0.15) is 5.56 Å². The Bertz CT molecular complexity index is 1330. The predicted octanol–water partition coefficient (Wildman–Crippen LogP) is 4.97. The molecule has 0 bridgehead atoms. The van der Waals surface area contributed by atoms with Gasteiger partial charge in [-0.2, -0.15) is 0 Å². The summed E-state index contributed by atoms with van der Waals surface area (Å²) in [6, 6.07) is 18.0. The van der Waals surface area contributed by atoms with E-state index < -0.39 is 0 Å². The maximum absolute atomic E-state index is 5.45. The van der Waals surface area contributed by atoms with Crippen LogP contribution in [0.5, 0.6) is 11.5 Å². The maximum atomic E-state index is 5.45. The Morgan fingerprint density at radius 2 is 1.67 bits per heavy atom. The summed E-state index contributed by atoms with van der Waals surface area (Å²) in [5.74, 6) is 2.36. The Labute approximate surface area is 177 Å². The second-order valence-corrected chi connectivity index (χ2v) is 7.81. The molecule has 0 aliphatic rings. The minimum absolute atomic E-state index is 0.671. The Morgan fingerprint density at radius 1 is 0.867 bits per heavy atom. The zero-order chi connectivity index (χ0) is 20.5. The van der Waals surface area contributed by atoms with Crippen LogP contribution in [0.15, 0.2) is 60.0 Å². The topological polar surface area (TPSA) is 62.1 Å². The minimum Gasteiger partial charge on any atom is -0.493 e. The molecule has 0 spiro atoms. The number of rotatable bonds is 6.